The summed E-state index contributed by atoms with van der Waals surface area (Å²) in [6.45, 7) is 9.46. The molecule has 1 fully saturated rings. The second-order valence-corrected chi connectivity index (χ2v) is 4.26. The number of nitrogen functional groups attached to an aromatic ring is 1. The third-order valence-corrected chi connectivity index (χ3v) is 3.11. The minimum atomic E-state index is 0.484. The lowest BCUT2D eigenvalue weighted by atomic mass is 10.3. The molecule has 1 aliphatic heterocycles. The Labute approximate surface area is 102 Å². The molecule has 0 saturated carbocycles. The zero-order valence-electron chi connectivity index (χ0n) is 10.5. The van der Waals surface area contributed by atoms with Gasteiger partial charge in [-0.3, -0.25) is 5.43 Å². The van der Waals surface area contributed by atoms with Gasteiger partial charge in [0.25, 0.3) is 0 Å². The molecule has 0 aliphatic carbocycles. The molecule has 2 heterocycles. The summed E-state index contributed by atoms with van der Waals surface area (Å²) in [7, 11) is 0. The molecule has 0 spiro atoms. The Morgan fingerprint density at radius 2 is 2.00 bits per heavy atom. The summed E-state index contributed by atoms with van der Waals surface area (Å²) in [5, 5.41) is 0. The highest BCUT2D eigenvalue weighted by molar-refractivity contribution is 5.44. The minimum absolute atomic E-state index is 0.484. The van der Waals surface area contributed by atoms with E-state index in [1.807, 2.05) is 13.0 Å². The number of aryl methyl sites for hydroxylation is 1. The molecule has 3 N–H and O–H groups in total. The highest BCUT2D eigenvalue weighted by Crippen LogP contribution is 2.16. The SMILES string of the molecule is CCN1CCN(c2cc(C)nc(NN)n2)CC1. The van der Waals surface area contributed by atoms with Crippen molar-refractivity contribution in [3.05, 3.63) is 11.8 Å². The van der Waals surface area contributed by atoms with Gasteiger partial charge in [0.1, 0.15) is 5.82 Å². The number of rotatable bonds is 3. The van der Waals surface area contributed by atoms with Gasteiger partial charge in [-0.05, 0) is 13.5 Å². The van der Waals surface area contributed by atoms with E-state index in [2.05, 4.69) is 32.1 Å². The predicted molar refractivity (Wildman–Crippen MR) is 68.9 cm³/mol. The first-order valence-electron chi connectivity index (χ1n) is 6.02. The van der Waals surface area contributed by atoms with Crippen molar-refractivity contribution in [2.45, 2.75) is 13.8 Å². The lowest BCUT2D eigenvalue weighted by Crippen LogP contribution is -2.46. The molecule has 1 aromatic heterocycles. The Morgan fingerprint density at radius 3 is 2.59 bits per heavy atom. The fraction of sp³-hybridized carbons (Fsp3) is 0.636. The molecular weight excluding hydrogens is 216 g/mol. The van der Waals surface area contributed by atoms with Gasteiger partial charge in [0.05, 0.1) is 0 Å². The Bertz CT molecular complexity index is 372. The van der Waals surface area contributed by atoms with Crippen molar-refractivity contribution in [1.29, 1.82) is 0 Å². The molecule has 0 bridgehead atoms. The standard InChI is InChI=1S/C11H20N6/c1-3-16-4-6-17(7-5-16)10-8-9(2)13-11(14-10)15-12/h8H,3-7,12H2,1-2H3,(H,13,14,15). The summed E-state index contributed by atoms with van der Waals surface area (Å²) in [4.78, 5) is 13.3. The Balaban J connectivity index is 2.10. The fourth-order valence-corrected chi connectivity index (χ4v) is 2.07. The molecule has 94 valence electrons. The number of nitrogens with two attached hydrogens (primary N) is 1. The number of nitrogens with one attached hydrogen (secondary N) is 1. The average molecular weight is 236 g/mol. The minimum Gasteiger partial charge on any atom is -0.354 e. The van der Waals surface area contributed by atoms with Crippen LogP contribution in [0, 0.1) is 6.92 Å². The van der Waals surface area contributed by atoms with Gasteiger partial charge in [-0.25, -0.2) is 10.8 Å². The molecule has 6 heteroatoms. The summed E-state index contributed by atoms with van der Waals surface area (Å²) in [6, 6.07) is 2.00. The number of likely N-dealkylation sites (N-methyl/N-ethyl adjacent to an activating group) is 1. The third kappa shape index (κ3) is 2.83. The zero-order chi connectivity index (χ0) is 12.3. The van der Waals surface area contributed by atoms with E-state index in [1.54, 1.807) is 0 Å². The fourth-order valence-electron chi connectivity index (χ4n) is 2.07. The number of nitrogens with zero attached hydrogens (tertiary/aromatic N) is 4. The largest absolute Gasteiger partial charge is 0.354 e. The van der Waals surface area contributed by atoms with Gasteiger partial charge >= 0.3 is 0 Å². The van der Waals surface area contributed by atoms with E-state index < -0.39 is 0 Å². The quantitative estimate of drug-likeness (QED) is 0.577. The van der Waals surface area contributed by atoms with Crippen molar-refractivity contribution in [2.24, 2.45) is 5.84 Å². The summed E-state index contributed by atoms with van der Waals surface area (Å²) < 4.78 is 0. The van der Waals surface area contributed by atoms with Crippen LogP contribution in [-0.4, -0.2) is 47.6 Å². The van der Waals surface area contributed by atoms with Gasteiger partial charge in [0.15, 0.2) is 0 Å². The van der Waals surface area contributed by atoms with Gasteiger partial charge in [-0.15, -0.1) is 0 Å². The summed E-state index contributed by atoms with van der Waals surface area (Å²) in [5.41, 5.74) is 3.44. The molecule has 0 amide bonds. The van der Waals surface area contributed by atoms with Crippen molar-refractivity contribution in [2.75, 3.05) is 43.0 Å². The summed E-state index contributed by atoms with van der Waals surface area (Å²) in [5.74, 6) is 6.80. The van der Waals surface area contributed by atoms with Crippen molar-refractivity contribution < 1.29 is 0 Å². The average Bonchev–Trinajstić information content (AvgIpc) is 2.38. The van der Waals surface area contributed by atoms with E-state index in [1.165, 1.54) is 0 Å². The van der Waals surface area contributed by atoms with Crippen LogP contribution in [0.4, 0.5) is 11.8 Å². The number of hydrogen-bond acceptors (Lipinski definition) is 6. The van der Waals surface area contributed by atoms with Crippen LogP contribution in [0.5, 0.6) is 0 Å². The monoisotopic (exact) mass is 236 g/mol. The molecule has 0 unspecified atom stereocenters. The van der Waals surface area contributed by atoms with E-state index in [0.29, 0.717) is 5.95 Å². The van der Waals surface area contributed by atoms with Crippen molar-refractivity contribution in [1.82, 2.24) is 14.9 Å². The van der Waals surface area contributed by atoms with Crippen molar-refractivity contribution in [3.8, 4) is 0 Å². The second-order valence-electron chi connectivity index (χ2n) is 4.26. The van der Waals surface area contributed by atoms with Crippen LogP contribution in [0.25, 0.3) is 0 Å². The molecular formula is C11H20N6. The van der Waals surface area contributed by atoms with Crippen molar-refractivity contribution in [3.63, 3.8) is 0 Å². The first-order valence-corrected chi connectivity index (χ1v) is 6.02. The lowest BCUT2D eigenvalue weighted by Gasteiger charge is -2.34. The van der Waals surface area contributed by atoms with Gasteiger partial charge < -0.3 is 9.80 Å². The number of aromatic nitrogens is 2. The van der Waals surface area contributed by atoms with Crippen LogP contribution in [0.2, 0.25) is 0 Å². The molecule has 0 radical (unpaired) electrons. The van der Waals surface area contributed by atoms with Gasteiger partial charge in [-0.1, -0.05) is 6.92 Å². The molecule has 1 saturated heterocycles. The maximum absolute atomic E-state index is 5.36. The van der Waals surface area contributed by atoms with Crippen molar-refractivity contribution >= 4 is 11.8 Å². The maximum Gasteiger partial charge on any atom is 0.239 e. The van der Waals surface area contributed by atoms with E-state index in [-0.39, 0.29) is 0 Å². The van der Waals surface area contributed by atoms with Crippen LogP contribution in [0.1, 0.15) is 12.6 Å². The van der Waals surface area contributed by atoms with Gasteiger partial charge in [0, 0.05) is 37.9 Å². The normalized spacial score (nSPS) is 17.2. The topological polar surface area (TPSA) is 70.3 Å². The first kappa shape index (κ1) is 12.1. The summed E-state index contributed by atoms with van der Waals surface area (Å²) in [6.07, 6.45) is 0. The number of piperazine rings is 1. The number of anilines is 2. The summed E-state index contributed by atoms with van der Waals surface area (Å²) >= 11 is 0. The van der Waals surface area contributed by atoms with Crippen LogP contribution < -0.4 is 16.2 Å². The Kier molecular flexibility index (Phi) is 3.75. The molecule has 2 rings (SSSR count). The lowest BCUT2D eigenvalue weighted by molar-refractivity contribution is 0.270. The smallest absolute Gasteiger partial charge is 0.239 e. The van der Waals surface area contributed by atoms with E-state index >= 15 is 0 Å². The molecule has 0 aromatic carbocycles. The third-order valence-electron chi connectivity index (χ3n) is 3.11. The predicted octanol–water partition coefficient (Wildman–Crippen LogP) is 0.213. The molecule has 17 heavy (non-hydrogen) atoms. The van der Waals surface area contributed by atoms with Crippen LogP contribution in [0.3, 0.4) is 0 Å². The number of hydrogen-bond donors (Lipinski definition) is 2. The second kappa shape index (κ2) is 5.29. The van der Waals surface area contributed by atoms with Gasteiger partial charge in [-0.2, -0.15) is 4.98 Å². The molecule has 6 nitrogen and oxygen atoms in total. The maximum atomic E-state index is 5.36. The van der Waals surface area contributed by atoms with Crippen LogP contribution in [0.15, 0.2) is 6.07 Å². The van der Waals surface area contributed by atoms with E-state index in [4.69, 9.17) is 5.84 Å². The highest BCUT2D eigenvalue weighted by Gasteiger charge is 2.17. The van der Waals surface area contributed by atoms with E-state index in [0.717, 1.165) is 44.2 Å². The van der Waals surface area contributed by atoms with Gasteiger partial charge in [0.2, 0.25) is 5.95 Å². The highest BCUT2D eigenvalue weighted by atomic mass is 15.3. The number of hydrazine groups is 1. The van der Waals surface area contributed by atoms with Crippen LogP contribution in [-0.2, 0) is 0 Å². The molecule has 1 aliphatic rings. The van der Waals surface area contributed by atoms with Crippen LogP contribution >= 0.6 is 0 Å². The molecule has 0 atom stereocenters. The Hall–Kier alpha value is -1.40. The zero-order valence-corrected chi connectivity index (χ0v) is 10.5. The van der Waals surface area contributed by atoms with E-state index in [9.17, 15) is 0 Å². The Morgan fingerprint density at radius 1 is 1.29 bits per heavy atom. The first-order chi connectivity index (χ1) is 8.22. The molecule has 1 aromatic rings.